The highest BCUT2D eigenvalue weighted by atomic mass is 16.3. The first kappa shape index (κ1) is 23.7. The summed E-state index contributed by atoms with van der Waals surface area (Å²) in [6.07, 6.45) is 1.61. The van der Waals surface area contributed by atoms with Gasteiger partial charge in [0.2, 0.25) is 11.8 Å². The number of likely N-dealkylation sites (N-methyl/N-ethyl adjacent to an activating group) is 1. The third-order valence-corrected chi connectivity index (χ3v) is 6.60. The molecule has 2 fully saturated rings. The number of benzene rings is 1. The van der Waals surface area contributed by atoms with Crippen LogP contribution in [0.2, 0.25) is 0 Å². The summed E-state index contributed by atoms with van der Waals surface area (Å²) in [6.45, 7) is 4.28. The SMILES string of the molecule is C[C@H](CC(=O)N1CCC(O)(CN2CNC(N(C)CCO)CC2=O)CC1)c1ccccc1. The van der Waals surface area contributed by atoms with Gasteiger partial charge in [-0.1, -0.05) is 37.3 Å². The molecule has 0 saturated carbocycles. The van der Waals surface area contributed by atoms with E-state index < -0.39 is 5.60 Å². The van der Waals surface area contributed by atoms with Crippen LogP contribution in [0.4, 0.5) is 0 Å². The molecular formula is C23H36N4O4. The number of β-amino-alcohol motifs (C(OH)–C–C–N with tert-alkyl or cyclic N) is 1. The molecule has 172 valence electrons. The van der Waals surface area contributed by atoms with Crippen molar-refractivity contribution in [3.8, 4) is 0 Å². The van der Waals surface area contributed by atoms with E-state index in [1.807, 2.05) is 47.2 Å². The molecule has 1 aromatic carbocycles. The van der Waals surface area contributed by atoms with Gasteiger partial charge in [-0.3, -0.25) is 19.8 Å². The molecule has 2 saturated heterocycles. The number of aliphatic hydroxyl groups excluding tert-OH is 1. The lowest BCUT2D eigenvalue weighted by Gasteiger charge is -2.43. The maximum atomic E-state index is 12.7. The number of piperidine rings is 1. The van der Waals surface area contributed by atoms with Crippen LogP contribution in [0.3, 0.4) is 0 Å². The molecular weight excluding hydrogens is 396 g/mol. The van der Waals surface area contributed by atoms with Crippen molar-refractivity contribution in [3.05, 3.63) is 35.9 Å². The number of likely N-dealkylation sites (tertiary alicyclic amines) is 1. The summed E-state index contributed by atoms with van der Waals surface area (Å²) in [7, 11) is 1.87. The van der Waals surface area contributed by atoms with Crippen LogP contribution in [0.5, 0.6) is 0 Å². The summed E-state index contributed by atoms with van der Waals surface area (Å²) in [5.41, 5.74) is 0.187. The van der Waals surface area contributed by atoms with Gasteiger partial charge >= 0.3 is 0 Å². The van der Waals surface area contributed by atoms with Crippen LogP contribution < -0.4 is 5.32 Å². The molecule has 0 radical (unpaired) electrons. The van der Waals surface area contributed by atoms with E-state index in [2.05, 4.69) is 12.2 Å². The predicted molar refractivity (Wildman–Crippen MR) is 118 cm³/mol. The van der Waals surface area contributed by atoms with Gasteiger partial charge in [0.15, 0.2) is 0 Å². The summed E-state index contributed by atoms with van der Waals surface area (Å²) >= 11 is 0. The maximum absolute atomic E-state index is 12.7. The molecule has 8 nitrogen and oxygen atoms in total. The van der Waals surface area contributed by atoms with Gasteiger partial charge in [-0.25, -0.2) is 0 Å². The van der Waals surface area contributed by atoms with E-state index in [4.69, 9.17) is 5.11 Å². The lowest BCUT2D eigenvalue weighted by atomic mass is 9.89. The Hall–Kier alpha value is -2.00. The van der Waals surface area contributed by atoms with Gasteiger partial charge < -0.3 is 20.0 Å². The van der Waals surface area contributed by atoms with Crippen LogP contribution in [-0.2, 0) is 9.59 Å². The van der Waals surface area contributed by atoms with Crippen LogP contribution in [0.25, 0.3) is 0 Å². The molecule has 3 N–H and O–H groups in total. The number of hydrogen-bond donors (Lipinski definition) is 3. The highest BCUT2D eigenvalue weighted by Crippen LogP contribution is 2.27. The number of carbonyl (C=O) groups is 2. The fraction of sp³-hybridized carbons (Fsp3) is 0.652. The van der Waals surface area contributed by atoms with Crippen LogP contribution >= 0.6 is 0 Å². The predicted octanol–water partition coefficient (Wildman–Crippen LogP) is 0.563. The summed E-state index contributed by atoms with van der Waals surface area (Å²) in [5, 5.41) is 23.4. The highest BCUT2D eigenvalue weighted by Gasteiger charge is 2.38. The molecule has 2 aliphatic heterocycles. The Bertz CT molecular complexity index is 736. The lowest BCUT2D eigenvalue weighted by Crippen LogP contribution is -2.61. The molecule has 2 aliphatic rings. The van der Waals surface area contributed by atoms with Gasteiger partial charge in [-0.05, 0) is 31.4 Å². The Morgan fingerprint density at radius 1 is 1.29 bits per heavy atom. The number of carbonyl (C=O) groups excluding carboxylic acids is 2. The largest absolute Gasteiger partial charge is 0.395 e. The average Bonchev–Trinajstić information content (AvgIpc) is 2.76. The third kappa shape index (κ3) is 6.26. The van der Waals surface area contributed by atoms with Crippen molar-refractivity contribution in [2.75, 3.05) is 46.5 Å². The molecule has 31 heavy (non-hydrogen) atoms. The molecule has 2 heterocycles. The Balaban J connectivity index is 1.46. The minimum Gasteiger partial charge on any atom is -0.395 e. The summed E-state index contributed by atoms with van der Waals surface area (Å²) in [4.78, 5) is 30.7. The minimum absolute atomic E-state index is 0.00263. The number of rotatable bonds is 8. The van der Waals surface area contributed by atoms with Crippen molar-refractivity contribution in [2.45, 2.75) is 50.3 Å². The van der Waals surface area contributed by atoms with E-state index in [0.717, 1.165) is 5.56 Å². The van der Waals surface area contributed by atoms with Gasteiger partial charge in [0.05, 0.1) is 38.0 Å². The van der Waals surface area contributed by atoms with Crippen molar-refractivity contribution in [2.24, 2.45) is 0 Å². The van der Waals surface area contributed by atoms with Crippen molar-refractivity contribution >= 4 is 11.8 Å². The zero-order valence-corrected chi connectivity index (χ0v) is 18.7. The van der Waals surface area contributed by atoms with Crippen LogP contribution in [0, 0.1) is 0 Å². The lowest BCUT2D eigenvalue weighted by molar-refractivity contribution is -0.146. The van der Waals surface area contributed by atoms with E-state index in [0.29, 0.717) is 52.0 Å². The second-order valence-corrected chi connectivity index (χ2v) is 9.00. The van der Waals surface area contributed by atoms with Crippen LogP contribution in [-0.4, -0.2) is 95.0 Å². The molecule has 1 unspecified atom stereocenters. The average molecular weight is 433 g/mol. The standard InChI is InChI=1S/C23H36N4O4/c1-18(19-6-4-3-5-7-19)14-21(29)26-10-8-23(31,9-11-26)16-27-17-24-20(15-22(27)30)25(2)12-13-28/h3-7,18,20,24,28,31H,8-17H2,1-2H3/t18-,20?/m1/s1. The van der Waals surface area contributed by atoms with Crippen molar-refractivity contribution in [1.29, 1.82) is 0 Å². The van der Waals surface area contributed by atoms with Gasteiger partial charge in [0.1, 0.15) is 0 Å². The molecule has 0 bridgehead atoms. The number of hydrogen-bond acceptors (Lipinski definition) is 6. The molecule has 2 atom stereocenters. The zero-order chi connectivity index (χ0) is 22.4. The topological polar surface area (TPSA) is 96.4 Å². The fourth-order valence-corrected chi connectivity index (χ4v) is 4.42. The second-order valence-electron chi connectivity index (χ2n) is 9.00. The molecule has 8 heteroatoms. The number of nitrogens with one attached hydrogen (secondary N) is 1. The molecule has 1 aromatic rings. The van der Waals surface area contributed by atoms with E-state index in [-0.39, 0.29) is 37.0 Å². The summed E-state index contributed by atoms with van der Waals surface area (Å²) in [6, 6.07) is 10.0. The zero-order valence-electron chi connectivity index (χ0n) is 18.7. The Morgan fingerprint density at radius 2 is 1.97 bits per heavy atom. The van der Waals surface area contributed by atoms with E-state index in [1.54, 1.807) is 4.90 Å². The first-order chi connectivity index (χ1) is 14.8. The van der Waals surface area contributed by atoms with Crippen LogP contribution in [0.15, 0.2) is 30.3 Å². The maximum Gasteiger partial charge on any atom is 0.226 e. The van der Waals surface area contributed by atoms with Crippen molar-refractivity contribution in [1.82, 2.24) is 20.0 Å². The van der Waals surface area contributed by atoms with E-state index in [1.165, 1.54) is 0 Å². The fourth-order valence-electron chi connectivity index (χ4n) is 4.42. The second kappa shape index (κ2) is 10.5. The van der Waals surface area contributed by atoms with E-state index in [9.17, 15) is 14.7 Å². The molecule has 3 rings (SSSR count). The first-order valence-electron chi connectivity index (χ1n) is 11.2. The van der Waals surface area contributed by atoms with E-state index >= 15 is 0 Å². The van der Waals surface area contributed by atoms with Gasteiger partial charge in [0, 0.05) is 26.1 Å². The highest BCUT2D eigenvalue weighted by molar-refractivity contribution is 5.78. The Kier molecular flexibility index (Phi) is 8.05. The molecule has 2 amide bonds. The van der Waals surface area contributed by atoms with Crippen molar-refractivity contribution < 1.29 is 19.8 Å². The van der Waals surface area contributed by atoms with Gasteiger partial charge in [-0.2, -0.15) is 0 Å². The number of aliphatic hydroxyl groups is 2. The molecule has 0 spiro atoms. The quantitative estimate of drug-likeness (QED) is 0.556. The normalized spacial score (nSPS) is 22.6. The van der Waals surface area contributed by atoms with Gasteiger partial charge in [-0.15, -0.1) is 0 Å². The van der Waals surface area contributed by atoms with Crippen molar-refractivity contribution in [3.63, 3.8) is 0 Å². The summed E-state index contributed by atoms with van der Waals surface area (Å²) < 4.78 is 0. The smallest absolute Gasteiger partial charge is 0.226 e. The van der Waals surface area contributed by atoms with Gasteiger partial charge in [0.25, 0.3) is 0 Å². The third-order valence-electron chi connectivity index (χ3n) is 6.60. The Morgan fingerprint density at radius 3 is 2.58 bits per heavy atom. The minimum atomic E-state index is -0.969. The number of amides is 2. The monoisotopic (exact) mass is 432 g/mol. The first-order valence-corrected chi connectivity index (χ1v) is 11.2. The molecule has 0 aliphatic carbocycles. The Labute approximate surface area is 184 Å². The molecule has 0 aromatic heterocycles. The summed E-state index contributed by atoms with van der Waals surface area (Å²) in [5.74, 6) is 0.268. The van der Waals surface area contributed by atoms with Crippen LogP contribution in [0.1, 0.15) is 44.1 Å². The number of nitrogens with zero attached hydrogens (tertiary/aromatic N) is 3.